The molecule has 0 aromatic heterocycles. The van der Waals surface area contributed by atoms with Crippen LogP contribution in [-0.2, 0) is 9.53 Å². The lowest BCUT2D eigenvalue weighted by atomic mass is 9.39. The lowest BCUT2D eigenvalue weighted by Crippen LogP contribution is -2.61. The molecule has 0 saturated heterocycles. The molecule has 0 aromatic rings. The molecule has 130 valence electrons. The van der Waals surface area contributed by atoms with Crippen LogP contribution in [0.3, 0.4) is 0 Å². The molecule has 23 heavy (non-hydrogen) atoms. The largest absolute Gasteiger partial charge is 0.462 e. The molecule has 4 aliphatic rings. The van der Waals surface area contributed by atoms with Crippen molar-refractivity contribution in [2.24, 2.45) is 28.6 Å². The van der Waals surface area contributed by atoms with Gasteiger partial charge in [0.15, 0.2) is 0 Å². The molecular weight excluding hydrogens is 288 g/mol. The van der Waals surface area contributed by atoms with Crippen LogP contribution in [0.4, 0.5) is 0 Å². The molecule has 1 N–H and O–H groups in total. The highest BCUT2D eigenvalue weighted by Crippen LogP contribution is 2.69. The highest BCUT2D eigenvalue weighted by atomic mass is 16.5. The van der Waals surface area contributed by atoms with Gasteiger partial charge in [0, 0.05) is 5.57 Å². The molecule has 4 fully saturated rings. The van der Waals surface area contributed by atoms with E-state index >= 15 is 0 Å². The van der Waals surface area contributed by atoms with Gasteiger partial charge in [-0.05, 0) is 87.9 Å². The summed E-state index contributed by atoms with van der Waals surface area (Å²) in [6.45, 7) is 12.1. The van der Waals surface area contributed by atoms with Crippen molar-refractivity contribution in [2.45, 2.75) is 71.8 Å². The molecule has 0 heterocycles. The van der Waals surface area contributed by atoms with Crippen molar-refractivity contribution >= 4 is 5.97 Å². The minimum atomic E-state index is -0.621. The Kier molecular flexibility index (Phi) is 3.95. The van der Waals surface area contributed by atoms with E-state index in [-0.39, 0.29) is 16.8 Å². The van der Waals surface area contributed by atoms with E-state index in [0.717, 1.165) is 18.3 Å². The van der Waals surface area contributed by atoms with Crippen molar-refractivity contribution in [3.63, 3.8) is 0 Å². The maximum atomic E-state index is 11.7. The predicted molar refractivity (Wildman–Crippen MR) is 90.8 cm³/mol. The summed E-state index contributed by atoms with van der Waals surface area (Å²) in [5, 5.41) is 10.9. The van der Waals surface area contributed by atoms with E-state index in [9.17, 15) is 9.90 Å². The predicted octanol–water partition coefficient (Wildman–Crippen LogP) is 4.10. The van der Waals surface area contributed by atoms with E-state index < -0.39 is 5.60 Å². The molecule has 4 saturated carbocycles. The molecule has 3 heteroatoms. The first kappa shape index (κ1) is 17.0. The molecular formula is C20H32O3. The van der Waals surface area contributed by atoms with Crippen LogP contribution < -0.4 is 0 Å². The van der Waals surface area contributed by atoms with Crippen molar-refractivity contribution in [3.8, 4) is 0 Å². The van der Waals surface area contributed by atoms with Gasteiger partial charge < -0.3 is 9.84 Å². The number of esters is 1. The Bertz CT molecular complexity index is 499. The molecule has 3 unspecified atom stereocenters. The number of carbonyl (C=O) groups is 1. The van der Waals surface area contributed by atoms with Gasteiger partial charge in [-0.1, -0.05) is 13.5 Å². The van der Waals surface area contributed by atoms with Crippen molar-refractivity contribution < 1.29 is 14.6 Å². The van der Waals surface area contributed by atoms with Crippen LogP contribution in [0.5, 0.6) is 0 Å². The van der Waals surface area contributed by atoms with E-state index in [2.05, 4.69) is 13.5 Å². The summed E-state index contributed by atoms with van der Waals surface area (Å²) in [4.78, 5) is 11.7. The summed E-state index contributed by atoms with van der Waals surface area (Å²) < 4.78 is 5.47. The summed E-state index contributed by atoms with van der Waals surface area (Å²) in [7, 11) is 0. The lowest BCUT2D eigenvalue weighted by Gasteiger charge is -2.66. The first-order valence-electron chi connectivity index (χ1n) is 9.12. The number of hydrogen-bond acceptors (Lipinski definition) is 3. The van der Waals surface area contributed by atoms with Crippen LogP contribution in [0.1, 0.15) is 66.2 Å². The van der Waals surface area contributed by atoms with Gasteiger partial charge in [-0.2, -0.15) is 0 Å². The Morgan fingerprint density at radius 3 is 2.35 bits per heavy atom. The van der Waals surface area contributed by atoms with E-state index in [1.165, 1.54) is 32.1 Å². The van der Waals surface area contributed by atoms with Gasteiger partial charge >= 0.3 is 5.97 Å². The minimum absolute atomic E-state index is 0.0592. The quantitative estimate of drug-likeness (QED) is 0.613. The van der Waals surface area contributed by atoms with Crippen LogP contribution >= 0.6 is 0 Å². The van der Waals surface area contributed by atoms with E-state index in [1.54, 1.807) is 6.92 Å². The normalized spacial score (nSPS) is 40.0. The molecule has 4 aliphatic carbocycles. The summed E-state index contributed by atoms with van der Waals surface area (Å²) in [5.41, 5.74) is 0.142. The van der Waals surface area contributed by atoms with Crippen molar-refractivity contribution in [1.82, 2.24) is 0 Å². The average molecular weight is 320 g/mol. The molecule has 0 aliphatic heterocycles. The van der Waals surface area contributed by atoms with Gasteiger partial charge in [0.05, 0.1) is 12.2 Å². The third-order valence-corrected chi connectivity index (χ3v) is 7.26. The monoisotopic (exact) mass is 320 g/mol. The number of carbonyl (C=O) groups excluding carboxylic acids is 1. The van der Waals surface area contributed by atoms with E-state index in [0.29, 0.717) is 18.1 Å². The van der Waals surface area contributed by atoms with Crippen LogP contribution in [-0.4, -0.2) is 23.3 Å². The number of aliphatic hydroxyl groups is 1. The smallest absolute Gasteiger partial charge is 0.333 e. The average Bonchev–Trinajstić information content (AvgIpc) is 2.41. The molecule has 0 spiro atoms. The SMILES string of the molecule is C=C(C)C(=O)OCC(C)C12CC3CC(C1)CC(C(C)(C)O)(C3)C2. The van der Waals surface area contributed by atoms with Crippen LogP contribution in [0.2, 0.25) is 0 Å². The second kappa shape index (κ2) is 5.34. The summed E-state index contributed by atoms with van der Waals surface area (Å²) in [6, 6.07) is 0. The molecule has 3 atom stereocenters. The molecule has 0 amide bonds. The molecule has 4 bridgehead atoms. The first-order valence-corrected chi connectivity index (χ1v) is 9.12. The zero-order valence-corrected chi connectivity index (χ0v) is 15.2. The minimum Gasteiger partial charge on any atom is -0.462 e. The Balaban J connectivity index is 1.79. The molecule has 0 radical (unpaired) electrons. The summed E-state index contributed by atoms with van der Waals surface area (Å²) >= 11 is 0. The highest BCUT2D eigenvalue weighted by Gasteiger charge is 2.63. The number of hydrogen-bond donors (Lipinski definition) is 1. The fourth-order valence-corrected chi connectivity index (χ4v) is 6.13. The van der Waals surface area contributed by atoms with Crippen LogP contribution in [0, 0.1) is 28.6 Å². The lowest BCUT2D eigenvalue weighted by molar-refractivity contribution is -0.209. The third kappa shape index (κ3) is 2.75. The first-order chi connectivity index (χ1) is 10.6. The molecule has 4 rings (SSSR count). The van der Waals surface area contributed by atoms with Gasteiger partial charge in [0.2, 0.25) is 0 Å². The standard InChI is InChI=1S/C20H32O3/c1-13(2)17(21)23-11-14(3)19-7-15-6-16(8-19)10-20(9-15,12-19)18(4,5)22/h14-16,22H,1,6-12H2,2-5H3. The van der Waals surface area contributed by atoms with Gasteiger partial charge in [-0.25, -0.2) is 4.79 Å². The van der Waals surface area contributed by atoms with E-state index in [4.69, 9.17) is 4.74 Å². The highest BCUT2D eigenvalue weighted by molar-refractivity contribution is 5.86. The van der Waals surface area contributed by atoms with Crippen LogP contribution in [0.25, 0.3) is 0 Å². The fraction of sp³-hybridized carbons (Fsp3) is 0.850. The Morgan fingerprint density at radius 1 is 1.30 bits per heavy atom. The van der Waals surface area contributed by atoms with Gasteiger partial charge in [-0.15, -0.1) is 0 Å². The van der Waals surface area contributed by atoms with Gasteiger partial charge in [0.1, 0.15) is 0 Å². The zero-order valence-electron chi connectivity index (χ0n) is 15.2. The van der Waals surface area contributed by atoms with Gasteiger partial charge in [-0.3, -0.25) is 0 Å². The second-order valence-electron chi connectivity index (χ2n) is 9.44. The molecule has 3 nitrogen and oxygen atoms in total. The Labute approximate surface area is 140 Å². The van der Waals surface area contributed by atoms with Crippen LogP contribution in [0.15, 0.2) is 12.2 Å². The van der Waals surface area contributed by atoms with E-state index in [1.807, 2.05) is 13.8 Å². The van der Waals surface area contributed by atoms with Crippen molar-refractivity contribution in [1.29, 1.82) is 0 Å². The molecule has 0 aromatic carbocycles. The van der Waals surface area contributed by atoms with Crippen molar-refractivity contribution in [3.05, 3.63) is 12.2 Å². The topological polar surface area (TPSA) is 46.5 Å². The summed E-state index contributed by atoms with van der Waals surface area (Å²) in [5.74, 6) is 1.54. The third-order valence-electron chi connectivity index (χ3n) is 7.26. The Morgan fingerprint density at radius 2 is 1.87 bits per heavy atom. The fourth-order valence-electron chi connectivity index (χ4n) is 6.13. The maximum Gasteiger partial charge on any atom is 0.333 e. The maximum absolute atomic E-state index is 11.7. The zero-order chi connectivity index (χ0) is 17.0. The van der Waals surface area contributed by atoms with Crippen molar-refractivity contribution in [2.75, 3.05) is 6.61 Å². The second-order valence-corrected chi connectivity index (χ2v) is 9.44. The number of ether oxygens (including phenoxy) is 1. The Hall–Kier alpha value is -0.830. The number of rotatable bonds is 5. The summed E-state index contributed by atoms with van der Waals surface area (Å²) in [6.07, 6.45) is 7.25. The van der Waals surface area contributed by atoms with Gasteiger partial charge in [0.25, 0.3) is 0 Å².